The Labute approximate surface area is 124 Å². The Morgan fingerprint density at radius 2 is 2.10 bits per heavy atom. The van der Waals surface area contributed by atoms with Crippen molar-refractivity contribution < 1.29 is 5.11 Å². The van der Waals surface area contributed by atoms with E-state index >= 15 is 0 Å². The van der Waals surface area contributed by atoms with Crippen LogP contribution in [-0.4, -0.2) is 28.0 Å². The normalized spacial score (nSPS) is 14.2. The van der Waals surface area contributed by atoms with Gasteiger partial charge in [0.25, 0.3) is 0 Å². The first-order valence-electron chi connectivity index (χ1n) is 6.79. The van der Waals surface area contributed by atoms with Gasteiger partial charge in [0.05, 0.1) is 23.4 Å². The molecule has 4 nitrogen and oxygen atoms in total. The second-order valence-electron chi connectivity index (χ2n) is 4.81. The first-order chi connectivity index (χ1) is 9.70. The number of halogens is 1. The van der Waals surface area contributed by atoms with E-state index in [4.69, 9.17) is 11.6 Å². The number of aromatic nitrogens is 2. The van der Waals surface area contributed by atoms with E-state index in [1.54, 1.807) is 17.1 Å². The SMILES string of the molecule is CCNC(CO)(CCn1cc(Cl)cn1)c1ccccc1. The Kier molecular flexibility index (Phi) is 5.17. The maximum Gasteiger partial charge on any atom is 0.0785 e. The van der Waals surface area contributed by atoms with Gasteiger partial charge in [-0.15, -0.1) is 0 Å². The molecule has 20 heavy (non-hydrogen) atoms. The molecule has 2 aromatic rings. The van der Waals surface area contributed by atoms with E-state index in [0.717, 1.165) is 18.5 Å². The summed E-state index contributed by atoms with van der Waals surface area (Å²) in [5, 5.41) is 18.2. The van der Waals surface area contributed by atoms with Crippen LogP contribution in [0.15, 0.2) is 42.7 Å². The first kappa shape index (κ1) is 15.0. The number of benzene rings is 1. The quantitative estimate of drug-likeness (QED) is 0.824. The summed E-state index contributed by atoms with van der Waals surface area (Å²) < 4.78 is 1.80. The van der Waals surface area contributed by atoms with Crippen LogP contribution in [0, 0.1) is 0 Å². The fourth-order valence-electron chi connectivity index (χ4n) is 2.42. The monoisotopic (exact) mass is 293 g/mol. The molecule has 1 aromatic carbocycles. The zero-order valence-corrected chi connectivity index (χ0v) is 12.3. The molecule has 0 bridgehead atoms. The van der Waals surface area contributed by atoms with Crippen molar-refractivity contribution in [3.05, 3.63) is 53.3 Å². The summed E-state index contributed by atoms with van der Waals surface area (Å²) in [6.07, 6.45) is 4.15. The molecule has 0 saturated carbocycles. The topological polar surface area (TPSA) is 50.1 Å². The van der Waals surface area contributed by atoms with Gasteiger partial charge >= 0.3 is 0 Å². The average molecular weight is 294 g/mol. The lowest BCUT2D eigenvalue weighted by atomic mass is 9.87. The van der Waals surface area contributed by atoms with Crippen LogP contribution < -0.4 is 5.32 Å². The molecular formula is C15H20ClN3O. The summed E-state index contributed by atoms with van der Waals surface area (Å²) in [7, 11) is 0. The summed E-state index contributed by atoms with van der Waals surface area (Å²) in [6, 6.07) is 10.0. The summed E-state index contributed by atoms with van der Waals surface area (Å²) in [5.41, 5.74) is 0.636. The minimum Gasteiger partial charge on any atom is -0.394 e. The number of likely N-dealkylation sites (N-methyl/N-ethyl adjacent to an activating group) is 1. The highest BCUT2D eigenvalue weighted by atomic mass is 35.5. The Morgan fingerprint density at radius 3 is 2.65 bits per heavy atom. The minimum absolute atomic E-state index is 0.0415. The number of nitrogens with zero attached hydrogens (tertiary/aromatic N) is 2. The highest BCUT2D eigenvalue weighted by molar-refractivity contribution is 6.30. The zero-order chi connectivity index (χ0) is 14.4. The molecule has 2 N–H and O–H groups in total. The molecule has 1 atom stereocenters. The molecule has 2 rings (SSSR count). The lowest BCUT2D eigenvalue weighted by molar-refractivity contribution is 0.146. The molecule has 0 aliphatic heterocycles. The van der Waals surface area contributed by atoms with Crippen molar-refractivity contribution in [3.63, 3.8) is 0 Å². The predicted molar refractivity (Wildman–Crippen MR) is 80.7 cm³/mol. The lowest BCUT2D eigenvalue weighted by Gasteiger charge is -2.33. The number of rotatable bonds is 7. The van der Waals surface area contributed by atoms with Crippen molar-refractivity contribution in [1.29, 1.82) is 0 Å². The predicted octanol–water partition coefficient (Wildman–Crippen LogP) is 2.42. The van der Waals surface area contributed by atoms with Gasteiger partial charge in [0.1, 0.15) is 0 Å². The standard InChI is InChI=1S/C15H20ClN3O/c1-2-17-15(12-20,13-6-4-3-5-7-13)8-9-19-11-14(16)10-18-19/h3-7,10-11,17,20H,2,8-9,12H2,1H3. The van der Waals surface area contributed by atoms with Crippen LogP contribution in [0.4, 0.5) is 0 Å². The maximum atomic E-state index is 9.93. The first-order valence-corrected chi connectivity index (χ1v) is 7.17. The average Bonchev–Trinajstić information content (AvgIpc) is 2.90. The Bertz CT molecular complexity index is 529. The number of hydrogen-bond donors (Lipinski definition) is 2. The Morgan fingerprint density at radius 1 is 1.35 bits per heavy atom. The van der Waals surface area contributed by atoms with Gasteiger partial charge in [0.2, 0.25) is 0 Å². The van der Waals surface area contributed by atoms with Gasteiger partial charge in [0.15, 0.2) is 0 Å². The van der Waals surface area contributed by atoms with Crippen LogP contribution in [0.25, 0.3) is 0 Å². The highest BCUT2D eigenvalue weighted by Gasteiger charge is 2.30. The molecular weight excluding hydrogens is 274 g/mol. The largest absolute Gasteiger partial charge is 0.394 e. The van der Waals surface area contributed by atoms with E-state index in [2.05, 4.69) is 10.4 Å². The molecule has 1 heterocycles. The number of aliphatic hydroxyl groups is 1. The van der Waals surface area contributed by atoms with Crippen molar-refractivity contribution in [1.82, 2.24) is 15.1 Å². The molecule has 1 unspecified atom stereocenters. The van der Waals surface area contributed by atoms with Gasteiger partial charge in [-0.2, -0.15) is 5.10 Å². The summed E-state index contributed by atoms with van der Waals surface area (Å²) >= 11 is 5.87. The molecule has 108 valence electrons. The molecule has 1 aromatic heterocycles. The number of aryl methyl sites for hydroxylation is 1. The van der Waals surface area contributed by atoms with Gasteiger partial charge in [-0.25, -0.2) is 0 Å². The van der Waals surface area contributed by atoms with Crippen LogP contribution in [0.1, 0.15) is 18.9 Å². The third-order valence-corrected chi connectivity index (χ3v) is 3.68. The van der Waals surface area contributed by atoms with Crippen LogP contribution in [0.5, 0.6) is 0 Å². The fraction of sp³-hybridized carbons (Fsp3) is 0.400. The molecule has 0 amide bonds. The molecule has 0 aliphatic rings. The molecule has 0 radical (unpaired) electrons. The van der Waals surface area contributed by atoms with Gasteiger partial charge < -0.3 is 10.4 Å². The summed E-state index contributed by atoms with van der Waals surface area (Å²) in [4.78, 5) is 0. The minimum atomic E-state index is -0.450. The van der Waals surface area contributed by atoms with Gasteiger partial charge in [-0.1, -0.05) is 48.9 Å². The number of hydrogen-bond acceptors (Lipinski definition) is 3. The fourth-order valence-corrected chi connectivity index (χ4v) is 2.58. The van der Waals surface area contributed by atoms with Crippen LogP contribution >= 0.6 is 11.6 Å². The van der Waals surface area contributed by atoms with Gasteiger partial charge in [0, 0.05) is 12.7 Å². The highest BCUT2D eigenvalue weighted by Crippen LogP contribution is 2.25. The van der Waals surface area contributed by atoms with E-state index in [1.807, 2.05) is 37.3 Å². The van der Waals surface area contributed by atoms with Gasteiger partial charge in [-0.05, 0) is 18.5 Å². The second-order valence-corrected chi connectivity index (χ2v) is 5.24. The maximum absolute atomic E-state index is 9.93. The third kappa shape index (κ3) is 3.39. The number of aliphatic hydroxyl groups excluding tert-OH is 1. The summed E-state index contributed by atoms with van der Waals surface area (Å²) in [6.45, 7) is 3.56. The van der Waals surface area contributed by atoms with E-state index in [-0.39, 0.29) is 6.61 Å². The van der Waals surface area contributed by atoms with Crippen molar-refractivity contribution >= 4 is 11.6 Å². The second kappa shape index (κ2) is 6.88. The van der Waals surface area contributed by atoms with Crippen molar-refractivity contribution in [2.24, 2.45) is 0 Å². The number of nitrogens with one attached hydrogen (secondary N) is 1. The van der Waals surface area contributed by atoms with Gasteiger partial charge in [-0.3, -0.25) is 4.68 Å². The zero-order valence-electron chi connectivity index (χ0n) is 11.6. The Balaban J connectivity index is 2.18. The van der Waals surface area contributed by atoms with Crippen molar-refractivity contribution in [2.75, 3.05) is 13.2 Å². The van der Waals surface area contributed by atoms with E-state index in [9.17, 15) is 5.11 Å². The van der Waals surface area contributed by atoms with Crippen LogP contribution in [0.3, 0.4) is 0 Å². The molecule has 0 aliphatic carbocycles. The molecule has 5 heteroatoms. The van der Waals surface area contributed by atoms with Crippen molar-refractivity contribution in [2.45, 2.75) is 25.4 Å². The van der Waals surface area contributed by atoms with E-state index < -0.39 is 5.54 Å². The van der Waals surface area contributed by atoms with Crippen molar-refractivity contribution in [3.8, 4) is 0 Å². The summed E-state index contributed by atoms with van der Waals surface area (Å²) in [5.74, 6) is 0. The van der Waals surface area contributed by atoms with Crippen LogP contribution in [-0.2, 0) is 12.1 Å². The molecule has 0 fully saturated rings. The molecule has 0 spiro atoms. The third-order valence-electron chi connectivity index (χ3n) is 3.48. The lowest BCUT2D eigenvalue weighted by Crippen LogP contribution is -2.46. The van der Waals surface area contributed by atoms with E-state index in [0.29, 0.717) is 11.6 Å². The molecule has 0 saturated heterocycles. The smallest absolute Gasteiger partial charge is 0.0785 e. The van der Waals surface area contributed by atoms with Crippen LogP contribution in [0.2, 0.25) is 5.02 Å². The van der Waals surface area contributed by atoms with E-state index in [1.165, 1.54) is 0 Å². The Hall–Kier alpha value is -1.36.